The number of carbonyl (C=O) groups is 3. The molecule has 2 N–H and O–H groups in total. The van der Waals surface area contributed by atoms with E-state index in [4.69, 9.17) is 4.74 Å². The molecule has 0 fully saturated rings. The molecule has 0 aliphatic rings. The predicted octanol–water partition coefficient (Wildman–Crippen LogP) is 3.21. The Hall–Kier alpha value is -2.42. The first-order valence-electron chi connectivity index (χ1n) is 8.38. The van der Waals surface area contributed by atoms with Gasteiger partial charge in [-0.3, -0.25) is 14.4 Å². The Morgan fingerprint density at radius 1 is 1.11 bits per heavy atom. The van der Waals surface area contributed by atoms with E-state index in [9.17, 15) is 14.4 Å². The van der Waals surface area contributed by atoms with E-state index in [1.54, 1.807) is 18.2 Å². The third-order valence-corrected chi connectivity index (χ3v) is 4.78. The van der Waals surface area contributed by atoms with Crippen molar-refractivity contribution in [1.29, 1.82) is 0 Å². The average molecular weight is 480 g/mol. The molecule has 7 heteroatoms. The van der Waals surface area contributed by atoms with Gasteiger partial charge in [0.05, 0.1) is 5.56 Å². The fraction of sp³-hybridized carbons (Fsp3) is 0.250. The fourth-order valence-corrected chi connectivity index (χ4v) is 2.92. The van der Waals surface area contributed by atoms with Gasteiger partial charge in [-0.2, -0.15) is 0 Å². The minimum atomic E-state index is -0.980. The number of amides is 2. The molecule has 0 aliphatic carbocycles. The zero-order chi connectivity index (χ0) is 20.0. The van der Waals surface area contributed by atoms with Gasteiger partial charge in [-0.15, -0.1) is 0 Å². The molecule has 142 valence electrons. The molecule has 0 aromatic heterocycles. The highest BCUT2D eigenvalue weighted by atomic mass is 127. The van der Waals surface area contributed by atoms with Crippen LogP contribution in [0.2, 0.25) is 0 Å². The van der Waals surface area contributed by atoms with E-state index in [1.165, 1.54) is 6.92 Å². The number of halogens is 1. The molecule has 0 heterocycles. The summed E-state index contributed by atoms with van der Waals surface area (Å²) >= 11 is 2.05. The van der Waals surface area contributed by atoms with Crippen molar-refractivity contribution >= 4 is 46.1 Å². The summed E-state index contributed by atoms with van der Waals surface area (Å²) in [6, 6.07) is 12.7. The Morgan fingerprint density at radius 3 is 2.52 bits per heavy atom. The Labute approximate surface area is 171 Å². The van der Waals surface area contributed by atoms with Crippen LogP contribution in [-0.4, -0.2) is 30.4 Å². The number of anilines is 1. The SMILES string of the molecule is Cc1ccc(C)c(NC(=O)C(C)OC(=O)CNC(=O)c2ccccc2I)c1. The number of hydrogen-bond donors (Lipinski definition) is 2. The van der Waals surface area contributed by atoms with Crippen LogP contribution in [0.25, 0.3) is 0 Å². The summed E-state index contributed by atoms with van der Waals surface area (Å²) in [7, 11) is 0. The second-order valence-corrected chi connectivity index (χ2v) is 7.26. The van der Waals surface area contributed by atoms with Crippen molar-refractivity contribution in [3.63, 3.8) is 0 Å². The number of carbonyl (C=O) groups excluding carboxylic acids is 3. The smallest absolute Gasteiger partial charge is 0.326 e. The van der Waals surface area contributed by atoms with Crippen molar-refractivity contribution in [2.24, 2.45) is 0 Å². The van der Waals surface area contributed by atoms with Crippen LogP contribution in [0.3, 0.4) is 0 Å². The van der Waals surface area contributed by atoms with Gasteiger partial charge in [0.25, 0.3) is 11.8 Å². The predicted molar refractivity (Wildman–Crippen MR) is 112 cm³/mol. The van der Waals surface area contributed by atoms with Crippen molar-refractivity contribution in [3.05, 3.63) is 62.7 Å². The quantitative estimate of drug-likeness (QED) is 0.492. The van der Waals surface area contributed by atoms with Crippen molar-refractivity contribution in [2.75, 3.05) is 11.9 Å². The monoisotopic (exact) mass is 480 g/mol. The van der Waals surface area contributed by atoms with Gasteiger partial charge in [0.15, 0.2) is 6.10 Å². The Bertz CT molecular complexity index is 867. The van der Waals surface area contributed by atoms with Crippen molar-refractivity contribution < 1.29 is 19.1 Å². The number of ether oxygens (including phenoxy) is 1. The Balaban J connectivity index is 1.86. The van der Waals surface area contributed by atoms with E-state index >= 15 is 0 Å². The minimum absolute atomic E-state index is 0.315. The first-order chi connectivity index (χ1) is 12.8. The molecule has 0 radical (unpaired) electrons. The number of hydrogen-bond acceptors (Lipinski definition) is 4. The molecule has 6 nitrogen and oxygen atoms in total. The maximum absolute atomic E-state index is 12.2. The topological polar surface area (TPSA) is 84.5 Å². The summed E-state index contributed by atoms with van der Waals surface area (Å²) in [6.45, 7) is 4.98. The van der Waals surface area contributed by atoms with E-state index < -0.39 is 18.0 Å². The van der Waals surface area contributed by atoms with E-state index in [0.717, 1.165) is 14.7 Å². The van der Waals surface area contributed by atoms with Crippen LogP contribution in [0.15, 0.2) is 42.5 Å². The van der Waals surface area contributed by atoms with Gasteiger partial charge in [-0.25, -0.2) is 0 Å². The lowest BCUT2D eigenvalue weighted by Crippen LogP contribution is -2.36. The summed E-state index contributed by atoms with van der Waals surface area (Å²) in [6.07, 6.45) is -0.980. The normalized spacial score (nSPS) is 11.4. The lowest BCUT2D eigenvalue weighted by molar-refractivity contribution is -0.152. The molecule has 1 atom stereocenters. The molecule has 2 aromatic rings. The molecule has 0 saturated carbocycles. The molecule has 0 bridgehead atoms. The minimum Gasteiger partial charge on any atom is -0.451 e. The highest BCUT2D eigenvalue weighted by molar-refractivity contribution is 14.1. The summed E-state index contributed by atoms with van der Waals surface area (Å²) in [4.78, 5) is 36.3. The van der Waals surface area contributed by atoms with E-state index in [1.807, 2.05) is 60.7 Å². The van der Waals surface area contributed by atoms with Gasteiger partial charge in [-0.1, -0.05) is 24.3 Å². The van der Waals surface area contributed by atoms with E-state index in [0.29, 0.717) is 11.3 Å². The third kappa shape index (κ3) is 6.06. The lowest BCUT2D eigenvalue weighted by atomic mass is 10.1. The Morgan fingerprint density at radius 2 is 1.81 bits per heavy atom. The van der Waals surface area contributed by atoms with Gasteiger partial charge in [0.2, 0.25) is 0 Å². The number of aryl methyl sites for hydroxylation is 2. The van der Waals surface area contributed by atoms with Crippen LogP contribution in [0.1, 0.15) is 28.4 Å². The Kier molecular flexibility index (Phi) is 7.35. The third-order valence-electron chi connectivity index (χ3n) is 3.84. The largest absolute Gasteiger partial charge is 0.451 e. The van der Waals surface area contributed by atoms with Crippen LogP contribution in [-0.2, 0) is 14.3 Å². The van der Waals surface area contributed by atoms with E-state index in [2.05, 4.69) is 10.6 Å². The van der Waals surface area contributed by atoms with Gasteiger partial charge in [0.1, 0.15) is 6.54 Å². The van der Waals surface area contributed by atoms with Crippen LogP contribution < -0.4 is 10.6 Å². The molecular weight excluding hydrogens is 459 g/mol. The standard InChI is InChI=1S/C20H21IN2O4/c1-12-8-9-13(2)17(10-12)23-19(25)14(3)27-18(24)11-22-20(26)15-6-4-5-7-16(15)21/h4-10,14H,11H2,1-3H3,(H,22,26)(H,23,25). The lowest BCUT2D eigenvalue weighted by Gasteiger charge is -2.15. The second-order valence-electron chi connectivity index (χ2n) is 6.10. The number of esters is 1. The fourth-order valence-electron chi connectivity index (χ4n) is 2.29. The van der Waals surface area contributed by atoms with Crippen molar-refractivity contribution in [3.8, 4) is 0 Å². The summed E-state index contributed by atoms with van der Waals surface area (Å²) in [5.41, 5.74) is 3.08. The van der Waals surface area contributed by atoms with Crippen molar-refractivity contribution in [2.45, 2.75) is 26.9 Å². The molecule has 27 heavy (non-hydrogen) atoms. The van der Waals surface area contributed by atoms with Crippen LogP contribution >= 0.6 is 22.6 Å². The molecule has 1 unspecified atom stereocenters. The molecule has 0 aliphatic heterocycles. The summed E-state index contributed by atoms with van der Waals surface area (Å²) in [5, 5.41) is 5.25. The maximum atomic E-state index is 12.2. The molecule has 0 saturated heterocycles. The first kappa shape index (κ1) is 20.9. The summed E-state index contributed by atoms with van der Waals surface area (Å²) < 4.78 is 5.88. The molecular formula is C20H21IN2O4. The highest BCUT2D eigenvalue weighted by Crippen LogP contribution is 2.17. The van der Waals surface area contributed by atoms with Gasteiger partial charge >= 0.3 is 5.97 Å². The van der Waals surface area contributed by atoms with Gasteiger partial charge in [0, 0.05) is 9.26 Å². The highest BCUT2D eigenvalue weighted by Gasteiger charge is 2.19. The molecule has 2 amide bonds. The average Bonchev–Trinajstić information content (AvgIpc) is 2.63. The second kappa shape index (κ2) is 9.50. The maximum Gasteiger partial charge on any atom is 0.326 e. The van der Waals surface area contributed by atoms with Crippen LogP contribution in [0.5, 0.6) is 0 Å². The van der Waals surface area contributed by atoms with Crippen LogP contribution in [0, 0.1) is 17.4 Å². The van der Waals surface area contributed by atoms with Crippen LogP contribution in [0.4, 0.5) is 5.69 Å². The molecule has 2 aromatic carbocycles. The van der Waals surface area contributed by atoms with E-state index in [-0.39, 0.29) is 12.5 Å². The van der Waals surface area contributed by atoms with Crippen molar-refractivity contribution in [1.82, 2.24) is 5.32 Å². The first-order valence-corrected chi connectivity index (χ1v) is 9.46. The zero-order valence-corrected chi connectivity index (χ0v) is 17.5. The molecule has 0 spiro atoms. The number of nitrogens with one attached hydrogen (secondary N) is 2. The number of benzene rings is 2. The van der Waals surface area contributed by atoms with Gasteiger partial charge < -0.3 is 15.4 Å². The zero-order valence-electron chi connectivity index (χ0n) is 15.3. The molecule has 2 rings (SSSR count). The van der Waals surface area contributed by atoms with Gasteiger partial charge in [-0.05, 0) is 72.7 Å². The number of rotatable bonds is 6. The summed E-state index contributed by atoms with van der Waals surface area (Å²) in [5.74, 6) is -1.48.